The Morgan fingerprint density at radius 3 is 2.82 bits per heavy atom. The van der Waals surface area contributed by atoms with E-state index in [2.05, 4.69) is 37.4 Å². The Labute approximate surface area is 103 Å². The molecule has 1 aliphatic heterocycles. The number of hydrogen-bond donors (Lipinski definition) is 1. The molecule has 1 atom stereocenters. The van der Waals surface area contributed by atoms with Crippen LogP contribution in [0.2, 0.25) is 0 Å². The first kappa shape index (κ1) is 12.0. The summed E-state index contributed by atoms with van der Waals surface area (Å²) in [6.07, 6.45) is 1.93. The topological polar surface area (TPSA) is 32.3 Å². The van der Waals surface area contributed by atoms with E-state index in [-0.39, 0.29) is 12.1 Å². The van der Waals surface area contributed by atoms with Gasteiger partial charge in [-0.25, -0.2) is 4.79 Å². The van der Waals surface area contributed by atoms with E-state index in [4.69, 9.17) is 0 Å². The quantitative estimate of drug-likeness (QED) is 0.835. The molecule has 0 bridgehead atoms. The zero-order chi connectivity index (χ0) is 12.3. The Morgan fingerprint density at radius 2 is 2.12 bits per heavy atom. The van der Waals surface area contributed by atoms with E-state index in [0.717, 1.165) is 25.9 Å². The van der Waals surface area contributed by atoms with Crippen molar-refractivity contribution >= 4 is 6.03 Å². The predicted molar refractivity (Wildman–Crippen MR) is 68.8 cm³/mol. The lowest BCUT2D eigenvalue weighted by Gasteiger charge is -2.34. The minimum atomic E-state index is 0.0638. The number of urea groups is 1. The normalized spacial score (nSPS) is 18.7. The average molecular weight is 232 g/mol. The lowest BCUT2D eigenvalue weighted by Crippen LogP contribution is -2.47. The van der Waals surface area contributed by atoms with Gasteiger partial charge in [-0.2, -0.15) is 0 Å². The van der Waals surface area contributed by atoms with Crippen LogP contribution in [0.25, 0.3) is 0 Å². The highest BCUT2D eigenvalue weighted by Crippen LogP contribution is 2.22. The molecule has 3 nitrogen and oxygen atoms in total. The molecule has 1 N–H and O–H groups in total. The van der Waals surface area contributed by atoms with Crippen molar-refractivity contribution in [3.05, 3.63) is 35.4 Å². The number of rotatable bonds is 2. The van der Waals surface area contributed by atoms with Crippen molar-refractivity contribution in [2.45, 2.75) is 39.3 Å². The molecule has 0 saturated carbocycles. The SMILES string of the molecule is CCCNC(=O)N1Cc2ccccc2CC1C. The van der Waals surface area contributed by atoms with Gasteiger partial charge in [-0.1, -0.05) is 31.2 Å². The van der Waals surface area contributed by atoms with Crippen molar-refractivity contribution in [2.75, 3.05) is 6.54 Å². The molecule has 0 spiro atoms. The molecule has 0 radical (unpaired) electrons. The number of benzene rings is 1. The number of amides is 2. The standard InChI is InChI=1S/C14H20N2O/c1-3-8-15-14(17)16-10-13-7-5-4-6-12(13)9-11(16)2/h4-7,11H,3,8-10H2,1-2H3,(H,15,17). The first-order valence-corrected chi connectivity index (χ1v) is 6.33. The van der Waals surface area contributed by atoms with Crippen LogP contribution in [0.5, 0.6) is 0 Å². The summed E-state index contributed by atoms with van der Waals surface area (Å²) < 4.78 is 0. The fourth-order valence-corrected chi connectivity index (χ4v) is 2.28. The molecule has 17 heavy (non-hydrogen) atoms. The molecule has 1 aromatic carbocycles. The molecule has 2 amide bonds. The third-order valence-electron chi connectivity index (χ3n) is 3.29. The molecule has 92 valence electrons. The fourth-order valence-electron chi connectivity index (χ4n) is 2.28. The van der Waals surface area contributed by atoms with Gasteiger partial charge in [0.2, 0.25) is 0 Å². The van der Waals surface area contributed by atoms with Crippen LogP contribution >= 0.6 is 0 Å². The number of hydrogen-bond acceptors (Lipinski definition) is 1. The van der Waals surface area contributed by atoms with Gasteiger partial charge >= 0.3 is 6.03 Å². The lowest BCUT2D eigenvalue weighted by molar-refractivity contribution is 0.169. The second-order valence-corrected chi connectivity index (χ2v) is 4.68. The van der Waals surface area contributed by atoms with Crippen LogP contribution in [0.3, 0.4) is 0 Å². The molecule has 1 heterocycles. The molecule has 1 aliphatic rings. The Bertz CT molecular complexity index is 403. The number of fused-ring (bicyclic) bond motifs is 1. The number of carbonyl (C=O) groups excluding carboxylic acids is 1. The first-order valence-electron chi connectivity index (χ1n) is 6.33. The van der Waals surface area contributed by atoms with Gasteiger partial charge in [-0.05, 0) is 30.9 Å². The molecule has 2 rings (SSSR count). The van der Waals surface area contributed by atoms with Gasteiger partial charge < -0.3 is 10.2 Å². The second kappa shape index (κ2) is 5.21. The summed E-state index contributed by atoms with van der Waals surface area (Å²) in [5.41, 5.74) is 2.65. The number of carbonyl (C=O) groups is 1. The van der Waals surface area contributed by atoms with Gasteiger partial charge in [0.25, 0.3) is 0 Å². The highest BCUT2D eigenvalue weighted by atomic mass is 16.2. The van der Waals surface area contributed by atoms with Gasteiger partial charge in [-0.15, -0.1) is 0 Å². The third-order valence-corrected chi connectivity index (χ3v) is 3.29. The third kappa shape index (κ3) is 2.60. The Hall–Kier alpha value is -1.51. The molecule has 0 aliphatic carbocycles. The lowest BCUT2D eigenvalue weighted by atomic mass is 9.95. The monoisotopic (exact) mass is 232 g/mol. The summed E-state index contributed by atoms with van der Waals surface area (Å²) in [5.74, 6) is 0. The fraction of sp³-hybridized carbons (Fsp3) is 0.500. The second-order valence-electron chi connectivity index (χ2n) is 4.68. The van der Waals surface area contributed by atoms with Crippen molar-refractivity contribution in [3.8, 4) is 0 Å². The van der Waals surface area contributed by atoms with Gasteiger partial charge in [0, 0.05) is 19.1 Å². The van der Waals surface area contributed by atoms with Crippen LogP contribution in [-0.4, -0.2) is 23.5 Å². The van der Waals surface area contributed by atoms with Crippen molar-refractivity contribution < 1.29 is 4.79 Å². The highest BCUT2D eigenvalue weighted by Gasteiger charge is 2.25. The maximum atomic E-state index is 12.0. The van der Waals surface area contributed by atoms with Gasteiger partial charge in [0.05, 0.1) is 0 Å². The van der Waals surface area contributed by atoms with Crippen molar-refractivity contribution in [1.29, 1.82) is 0 Å². The van der Waals surface area contributed by atoms with E-state index in [9.17, 15) is 4.79 Å². The summed E-state index contributed by atoms with van der Waals surface area (Å²) in [5, 5.41) is 2.95. The van der Waals surface area contributed by atoms with E-state index in [1.54, 1.807) is 0 Å². The van der Waals surface area contributed by atoms with Crippen molar-refractivity contribution in [1.82, 2.24) is 10.2 Å². The molecular weight excluding hydrogens is 212 g/mol. The van der Waals surface area contributed by atoms with E-state index >= 15 is 0 Å². The Balaban J connectivity index is 2.09. The van der Waals surface area contributed by atoms with Gasteiger partial charge in [0.1, 0.15) is 0 Å². The van der Waals surface area contributed by atoms with Gasteiger partial charge in [-0.3, -0.25) is 0 Å². The number of nitrogens with zero attached hydrogens (tertiary/aromatic N) is 1. The zero-order valence-electron chi connectivity index (χ0n) is 10.6. The molecule has 0 aromatic heterocycles. The summed E-state index contributed by atoms with van der Waals surface area (Å²) in [7, 11) is 0. The Kier molecular flexibility index (Phi) is 3.67. The van der Waals surface area contributed by atoms with Crippen LogP contribution in [0.1, 0.15) is 31.4 Å². The zero-order valence-corrected chi connectivity index (χ0v) is 10.6. The van der Waals surface area contributed by atoms with Crippen LogP contribution in [0.15, 0.2) is 24.3 Å². The molecule has 1 aromatic rings. The maximum absolute atomic E-state index is 12.0. The number of nitrogens with one attached hydrogen (secondary N) is 1. The Morgan fingerprint density at radius 1 is 1.41 bits per heavy atom. The minimum Gasteiger partial charge on any atom is -0.338 e. The van der Waals surface area contributed by atoms with Crippen LogP contribution in [0.4, 0.5) is 4.79 Å². The van der Waals surface area contributed by atoms with Crippen LogP contribution in [-0.2, 0) is 13.0 Å². The summed E-state index contributed by atoms with van der Waals surface area (Å²) in [6.45, 7) is 5.66. The molecule has 3 heteroatoms. The van der Waals surface area contributed by atoms with Crippen LogP contribution < -0.4 is 5.32 Å². The first-order chi connectivity index (χ1) is 8.22. The largest absolute Gasteiger partial charge is 0.338 e. The predicted octanol–water partition coefficient (Wildman–Crippen LogP) is 2.55. The van der Waals surface area contributed by atoms with E-state index in [0.29, 0.717) is 0 Å². The summed E-state index contributed by atoms with van der Waals surface area (Å²) in [4.78, 5) is 13.9. The van der Waals surface area contributed by atoms with Crippen molar-refractivity contribution in [3.63, 3.8) is 0 Å². The average Bonchev–Trinajstić information content (AvgIpc) is 2.35. The summed E-state index contributed by atoms with van der Waals surface area (Å²) >= 11 is 0. The van der Waals surface area contributed by atoms with E-state index in [1.165, 1.54) is 11.1 Å². The minimum absolute atomic E-state index is 0.0638. The van der Waals surface area contributed by atoms with Crippen LogP contribution in [0, 0.1) is 0 Å². The maximum Gasteiger partial charge on any atom is 0.317 e. The summed E-state index contributed by atoms with van der Waals surface area (Å²) in [6, 6.07) is 8.72. The van der Waals surface area contributed by atoms with E-state index < -0.39 is 0 Å². The molecule has 0 saturated heterocycles. The molecule has 0 fully saturated rings. The van der Waals surface area contributed by atoms with Gasteiger partial charge in [0.15, 0.2) is 0 Å². The highest BCUT2D eigenvalue weighted by molar-refractivity contribution is 5.75. The molecular formula is C14H20N2O. The van der Waals surface area contributed by atoms with E-state index in [1.807, 2.05) is 11.0 Å². The molecule has 1 unspecified atom stereocenters. The smallest absolute Gasteiger partial charge is 0.317 e. The van der Waals surface area contributed by atoms with Crippen molar-refractivity contribution in [2.24, 2.45) is 0 Å².